The van der Waals surface area contributed by atoms with Crippen molar-refractivity contribution in [1.29, 1.82) is 0 Å². The molecule has 0 heterocycles. The van der Waals surface area contributed by atoms with Gasteiger partial charge in [0.25, 0.3) is 5.91 Å². The highest BCUT2D eigenvalue weighted by molar-refractivity contribution is 9.10. The molecule has 2 aromatic rings. The van der Waals surface area contributed by atoms with Gasteiger partial charge in [-0.3, -0.25) is 4.79 Å². The Balaban J connectivity index is 2.27. The van der Waals surface area contributed by atoms with Crippen molar-refractivity contribution in [3.8, 4) is 0 Å². The van der Waals surface area contributed by atoms with E-state index in [0.29, 0.717) is 23.7 Å². The van der Waals surface area contributed by atoms with Gasteiger partial charge in [0.15, 0.2) is 0 Å². The van der Waals surface area contributed by atoms with Gasteiger partial charge < -0.3 is 4.90 Å². The minimum atomic E-state index is -0.449. The summed E-state index contributed by atoms with van der Waals surface area (Å²) in [5.41, 5.74) is 1.17. The summed E-state index contributed by atoms with van der Waals surface area (Å²) >= 11 is 9.25. The number of hydrogen-bond donors (Lipinski definition) is 0. The van der Waals surface area contributed by atoms with Gasteiger partial charge in [0.1, 0.15) is 5.82 Å². The molecule has 0 aliphatic rings. The zero-order valence-corrected chi connectivity index (χ0v) is 13.8. The first-order valence-electron chi connectivity index (χ1n) is 6.51. The van der Waals surface area contributed by atoms with Crippen molar-refractivity contribution in [1.82, 2.24) is 4.90 Å². The highest BCUT2D eigenvalue weighted by Crippen LogP contribution is 2.23. The first-order chi connectivity index (χ1) is 10.0. The third-order valence-electron chi connectivity index (χ3n) is 3.17. The lowest BCUT2D eigenvalue weighted by atomic mass is 10.1. The summed E-state index contributed by atoms with van der Waals surface area (Å²) in [5, 5.41) is 0.613. The van der Waals surface area contributed by atoms with E-state index in [2.05, 4.69) is 15.9 Å². The lowest BCUT2D eigenvalue weighted by Gasteiger charge is -2.22. The number of carbonyl (C=O) groups is 1. The van der Waals surface area contributed by atoms with Crippen LogP contribution in [-0.2, 0) is 6.54 Å². The van der Waals surface area contributed by atoms with Gasteiger partial charge in [-0.05, 0) is 46.6 Å². The number of rotatable bonds is 4. The second kappa shape index (κ2) is 7.05. The molecule has 110 valence electrons. The summed E-state index contributed by atoms with van der Waals surface area (Å²) in [4.78, 5) is 14.2. The summed E-state index contributed by atoms with van der Waals surface area (Å²) in [6.07, 6.45) is 0. The first-order valence-corrected chi connectivity index (χ1v) is 7.68. The van der Waals surface area contributed by atoms with E-state index in [1.54, 1.807) is 17.0 Å². The molecule has 2 rings (SSSR count). The lowest BCUT2D eigenvalue weighted by Crippen LogP contribution is -2.30. The molecule has 0 spiro atoms. The number of halogens is 3. The maximum absolute atomic E-state index is 13.6. The standard InChI is InChI=1S/C16H14BrClFNO/c1-2-20(10-11-6-3-4-8-13(11)18)16(21)12-7-5-9-14(19)15(12)17/h3-9H,2,10H2,1H3. The molecule has 0 bridgehead atoms. The molecular formula is C16H14BrClFNO. The van der Waals surface area contributed by atoms with Crippen molar-refractivity contribution < 1.29 is 9.18 Å². The predicted molar refractivity (Wildman–Crippen MR) is 86.0 cm³/mol. The van der Waals surface area contributed by atoms with Crippen molar-refractivity contribution >= 4 is 33.4 Å². The van der Waals surface area contributed by atoms with Gasteiger partial charge >= 0.3 is 0 Å². The average Bonchev–Trinajstić information content (AvgIpc) is 2.48. The molecule has 0 aliphatic heterocycles. The maximum atomic E-state index is 13.6. The molecule has 21 heavy (non-hydrogen) atoms. The van der Waals surface area contributed by atoms with E-state index < -0.39 is 5.82 Å². The van der Waals surface area contributed by atoms with Crippen molar-refractivity contribution in [2.45, 2.75) is 13.5 Å². The zero-order valence-electron chi connectivity index (χ0n) is 11.4. The van der Waals surface area contributed by atoms with Crippen LogP contribution < -0.4 is 0 Å². The van der Waals surface area contributed by atoms with Crippen molar-refractivity contribution in [3.05, 3.63) is 68.9 Å². The second-order valence-electron chi connectivity index (χ2n) is 4.51. The fraction of sp³-hybridized carbons (Fsp3) is 0.188. The van der Waals surface area contributed by atoms with Gasteiger partial charge in [0.2, 0.25) is 0 Å². The molecule has 2 nitrogen and oxygen atoms in total. The highest BCUT2D eigenvalue weighted by Gasteiger charge is 2.19. The largest absolute Gasteiger partial charge is 0.335 e. The Morgan fingerprint density at radius 2 is 1.95 bits per heavy atom. The van der Waals surface area contributed by atoms with Crippen molar-refractivity contribution in [3.63, 3.8) is 0 Å². The monoisotopic (exact) mass is 369 g/mol. The number of benzene rings is 2. The number of carbonyl (C=O) groups excluding carboxylic acids is 1. The Morgan fingerprint density at radius 3 is 2.62 bits per heavy atom. The number of amides is 1. The number of hydrogen-bond acceptors (Lipinski definition) is 1. The summed E-state index contributed by atoms with van der Waals surface area (Å²) in [7, 11) is 0. The lowest BCUT2D eigenvalue weighted by molar-refractivity contribution is 0.0751. The predicted octanol–water partition coefficient (Wildman–Crippen LogP) is 4.90. The fourth-order valence-corrected chi connectivity index (χ4v) is 2.63. The molecule has 0 fully saturated rings. The van der Waals surface area contributed by atoms with E-state index in [0.717, 1.165) is 5.56 Å². The molecule has 0 saturated heterocycles. The molecule has 0 saturated carbocycles. The van der Waals surface area contributed by atoms with E-state index in [9.17, 15) is 9.18 Å². The zero-order chi connectivity index (χ0) is 15.4. The molecular weight excluding hydrogens is 357 g/mol. The van der Waals surface area contributed by atoms with Crippen LogP contribution in [-0.4, -0.2) is 17.4 Å². The van der Waals surface area contributed by atoms with E-state index >= 15 is 0 Å². The smallest absolute Gasteiger partial charge is 0.255 e. The highest BCUT2D eigenvalue weighted by atomic mass is 79.9. The Labute approximate surface area is 136 Å². The Morgan fingerprint density at radius 1 is 1.24 bits per heavy atom. The fourth-order valence-electron chi connectivity index (χ4n) is 2.00. The van der Waals surface area contributed by atoms with Crippen LogP contribution in [0.2, 0.25) is 5.02 Å². The van der Waals surface area contributed by atoms with E-state index in [1.165, 1.54) is 12.1 Å². The Bertz CT molecular complexity index is 662. The van der Waals surface area contributed by atoms with Crippen LogP contribution in [0.1, 0.15) is 22.8 Å². The van der Waals surface area contributed by atoms with Crippen molar-refractivity contribution in [2.24, 2.45) is 0 Å². The van der Waals surface area contributed by atoms with E-state index in [-0.39, 0.29) is 10.4 Å². The summed E-state index contributed by atoms with van der Waals surface area (Å²) in [6.45, 7) is 2.77. The second-order valence-corrected chi connectivity index (χ2v) is 5.71. The van der Waals surface area contributed by atoms with Crippen LogP contribution in [0.3, 0.4) is 0 Å². The minimum Gasteiger partial charge on any atom is -0.335 e. The van der Waals surface area contributed by atoms with Gasteiger partial charge in [-0.25, -0.2) is 4.39 Å². The van der Waals surface area contributed by atoms with Crippen LogP contribution in [0.15, 0.2) is 46.9 Å². The third-order valence-corrected chi connectivity index (χ3v) is 4.34. The summed E-state index contributed by atoms with van der Waals surface area (Å²) < 4.78 is 13.7. The van der Waals surface area contributed by atoms with Crippen LogP contribution in [0.25, 0.3) is 0 Å². The molecule has 0 radical (unpaired) electrons. The maximum Gasteiger partial charge on any atom is 0.255 e. The van der Waals surface area contributed by atoms with E-state index in [4.69, 9.17) is 11.6 Å². The summed E-state index contributed by atoms with van der Waals surface area (Å²) in [5.74, 6) is -0.682. The molecule has 0 aliphatic carbocycles. The van der Waals surface area contributed by atoms with Gasteiger partial charge in [-0.1, -0.05) is 35.9 Å². The van der Waals surface area contributed by atoms with Crippen LogP contribution >= 0.6 is 27.5 Å². The average molecular weight is 371 g/mol. The van der Waals surface area contributed by atoms with Gasteiger partial charge in [-0.15, -0.1) is 0 Å². The van der Waals surface area contributed by atoms with Gasteiger partial charge in [-0.2, -0.15) is 0 Å². The van der Waals surface area contributed by atoms with Crippen LogP contribution in [0.5, 0.6) is 0 Å². The molecule has 1 amide bonds. The third kappa shape index (κ3) is 3.63. The van der Waals surface area contributed by atoms with Gasteiger partial charge in [0.05, 0.1) is 10.0 Å². The minimum absolute atomic E-state index is 0.188. The SMILES string of the molecule is CCN(Cc1ccccc1Cl)C(=O)c1cccc(F)c1Br. The molecule has 5 heteroatoms. The van der Waals surface area contributed by atoms with Crippen LogP contribution in [0, 0.1) is 5.82 Å². The van der Waals surface area contributed by atoms with Crippen molar-refractivity contribution in [2.75, 3.05) is 6.54 Å². The normalized spacial score (nSPS) is 10.5. The Kier molecular flexibility index (Phi) is 5.37. The Hall–Kier alpha value is -1.39. The molecule has 0 atom stereocenters. The molecule has 2 aromatic carbocycles. The molecule has 0 unspecified atom stereocenters. The number of nitrogens with zero attached hydrogens (tertiary/aromatic N) is 1. The molecule has 0 aromatic heterocycles. The molecule has 0 N–H and O–H groups in total. The first kappa shape index (κ1) is 16.0. The topological polar surface area (TPSA) is 20.3 Å². The van der Waals surface area contributed by atoms with Gasteiger partial charge in [0, 0.05) is 18.1 Å². The summed E-state index contributed by atoms with van der Waals surface area (Å²) in [6, 6.07) is 11.8. The van der Waals surface area contributed by atoms with E-state index in [1.807, 2.05) is 25.1 Å². The quantitative estimate of drug-likeness (QED) is 0.749. The van der Waals surface area contributed by atoms with Crippen LogP contribution in [0.4, 0.5) is 4.39 Å².